The summed E-state index contributed by atoms with van der Waals surface area (Å²) >= 11 is 4.37. The lowest BCUT2D eigenvalue weighted by atomic mass is 10.0. The summed E-state index contributed by atoms with van der Waals surface area (Å²) in [6.07, 6.45) is 1.66. The van der Waals surface area contributed by atoms with Crippen molar-refractivity contribution in [1.82, 2.24) is 9.62 Å². The molecule has 29 heavy (non-hydrogen) atoms. The number of carbonyl (C=O) groups is 2. The van der Waals surface area contributed by atoms with E-state index in [-0.39, 0.29) is 36.1 Å². The molecule has 0 aliphatic carbocycles. The van der Waals surface area contributed by atoms with Crippen LogP contribution < -0.4 is 5.32 Å². The molecule has 0 spiro atoms. The number of phenolic OH excluding ortho intramolecular Hbond substituents is 1. The minimum absolute atomic E-state index is 0.0261. The van der Waals surface area contributed by atoms with Gasteiger partial charge in [0, 0.05) is 18.2 Å². The fourth-order valence-corrected chi connectivity index (χ4v) is 5.60. The van der Waals surface area contributed by atoms with Gasteiger partial charge in [-0.3, -0.25) is 4.79 Å². The Bertz CT molecular complexity index is 812. The van der Waals surface area contributed by atoms with Crippen LogP contribution in [0.4, 0.5) is 0 Å². The molecule has 0 saturated carbocycles. The molecule has 1 aliphatic rings. The van der Waals surface area contributed by atoms with Crippen LogP contribution in [0.25, 0.3) is 0 Å². The third-order valence-corrected chi connectivity index (χ3v) is 7.12. The number of thiol groups is 1. The third-order valence-electron chi connectivity index (χ3n) is 4.83. The van der Waals surface area contributed by atoms with Crippen molar-refractivity contribution in [3.63, 3.8) is 0 Å². The predicted molar refractivity (Wildman–Crippen MR) is 112 cm³/mol. The van der Waals surface area contributed by atoms with Gasteiger partial charge in [0.15, 0.2) is 0 Å². The quantitative estimate of drug-likeness (QED) is 0.388. The van der Waals surface area contributed by atoms with E-state index in [4.69, 9.17) is 4.74 Å². The van der Waals surface area contributed by atoms with Crippen LogP contribution in [0, 0.1) is 0 Å². The Balaban J connectivity index is 2.16. The number of phenols is 1. The lowest BCUT2D eigenvalue weighted by Crippen LogP contribution is -2.52. The Labute approximate surface area is 177 Å². The highest BCUT2D eigenvalue weighted by Gasteiger charge is 2.42. The van der Waals surface area contributed by atoms with Crippen molar-refractivity contribution >= 4 is 34.5 Å². The normalized spacial score (nSPS) is 20.9. The summed E-state index contributed by atoms with van der Waals surface area (Å²) in [5, 5.41) is 11.8. The molecule has 1 aromatic rings. The molecule has 2 N–H and O–H groups in total. The van der Waals surface area contributed by atoms with Gasteiger partial charge in [0.25, 0.3) is 0 Å². The summed E-state index contributed by atoms with van der Waals surface area (Å²) in [7, 11) is -2.37. The Kier molecular flexibility index (Phi) is 8.35. The molecule has 10 heteroatoms. The molecule has 1 aromatic carbocycles. The van der Waals surface area contributed by atoms with Crippen LogP contribution in [0.2, 0.25) is 0 Å². The smallest absolute Gasteiger partial charge is 0.328 e. The second-order valence-corrected chi connectivity index (χ2v) is 9.87. The number of amides is 1. The molecule has 0 aromatic heterocycles. The van der Waals surface area contributed by atoms with Crippen LogP contribution in [0.15, 0.2) is 24.3 Å². The molecule has 1 heterocycles. The van der Waals surface area contributed by atoms with Gasteiger partial charge in [-0.15, -0.1) is 0 Å². The molecular weight excluding hydrogens is 416 g/mol. The highest BCUT2D eigenvalue weighted by molar-refractivity contribution is 7.89. The Hall–Kier alpha value is -1.78. The van der Waals surface area contributed by atoms with Crippen molar-refractivity contribution in [2.24, 2.45) is 0 Å². The molecule has 1 aliphatic heterocycles. The van der Waals surface area contributed by atoms with Gasteiger partial charge in [0.05, 0.1) is 12.9 Å². The van der Waals surface area contributed by atoms with Gasteiger partial charge in [0.1, 0.15) is 17.8 Å². The number of nitrogens with one attached hydrogen (secondary N) is 1. The number of rotatable bonds is 9. The average molecular weight is 445 g/mol. The van der Waals surface area contributed by atoms with E-state index in [2.05, 4.69) is 17.9 Å². The van der Waals surface area contributed by atoms with Crippen LogP contribution in [-0.4, -0.2) is 66.4 Å². The lowest BCUT2D eigenvalue weighted by molar-refractivity contribution is -0.145. The van der Waals surface area contributed by atoms with E-state index in [1.807, 2.05) is 6.92 Å². The standard InChI is InChI=1S/C19H28N2O6S2/c1-3-4-9-29(25,26)21-12-15(28)11-17(21)18(23)20-16(19(24)27-2)10-13-5-7-14(22)8-6-13/h5-8,15-17,22,28H,3-4,9-12H2,1-2H3,(H,20,23)/t15-,16-,17-/m0/s1. The maximum atomic E-state index is 12.9. The predicted octanol–water partition coefficient (Wildman–Crippen LogP) is 1.10. The van der Waals surface area contributed by atoms with Crippen molar-refractivity contribution in [2.75, 3.05) is 19.4 Å². The highest BCUT2D eigenvalue weighted by Crippen LogP contribution is 2.26. The van der Waals surface area contributed by atoms with Gasteiger partial charge in [0.2, 0.25) is 15.9 Å². The number of esters is 1. The number of carbonyl (C=O) groups excluding carboxylic acids is 2. The molecule has 2 rings (SSSR count). The van der Waals surface area contributed by atoms with Gasteiger partial charge in [-0.1, -0.05) is 25.5 Å². The van der Waals surface area contributed by atoms with Gasteiger partial charge in [-0.2, -0.15) is 16.9 Å². The van der Waals surface area contributed by atoms with Crippen LogP contribution in [0.5, 0.6) is 5.75 Å². The zero-order chi connectivity index (χ0) is 21.6. The third kappa shape index (κ3) is 6.35. The van der Waals surface area contributed by atoms with E-state index >= 15 is 0 Å². The van der Waals surface area contributed by atoms with Gasteiger partial charge in [-0.25, -0.2) is 13.2 Å². The van der Waals surface area contributed by atoms with Crippen LogP contribution in [-0.2, 0) is 30.8 Å². The monoisotopic (exact) mass is 444 g/mol. The van der Waals surface area contributed by atoms with E-state index in [0.717, 1.165) is 6.42 Å². The summed E-state index contributed by atoms with van der Waals surface area (Å²) < 4.78 is 31.3. The van der Waals surface area contributed by atoms with Crippen molar-refractivity contribution in [2.45, 2.75) is 49.9 Å². The highest BCUT2D eigenvalue weighted by atomic mass is 32.2. The summed E-state index contributed by atoms with van der Waals surface area (Å²) in [5.74, 6) is -1.11. The van der Waals surface area contributed by atoms with E-state index in [0.29, 0.717) is 12.0 Å². The van der Waals surface area contributed by atoms with Gasteiger partial charge < -0.3 is 15.2 Å². The number of sulfonamides is 1. The number of hydrogen-bond acceptors (Lipinski definition) is 7. The first-order valence-corrected chi connectivity index (χ1v) is 11.6. The zero-order valence-electron chi connectivity index (χ0n) is 16.6. The Morgan fingerprint density at radius 1 is 1.34 bits per heavy atom. The topological polar surface area (TPSA) is 113 Å². The van der Waals surface area contributed by atoms with Crippen molar-refractivity contribution in [1.29, 1.82) is 0 Å². The fourth-order valence-electron chi connectivity index (χ4n) is 3.25. The summed E-state index contributed by atoms with van der Waals surface area (Å²) in [4.78, 5) is 25.1. The molecule has 0 bridgehead atoms. The number of ether oxygens (including phenoxy) is 1. The molecular formula is C19H28N2O6S2. The first-order valence-electron chi connectivity index (χ1n) is 9.51. The van der Waals surface area contributed by atoms with Crippen LogP contribution >= 0.6 is 12.6 Å². The molecule has 1 fully saturated rings. The number of benzene rings is 1. The molecule has 3 atom stereocenters. The Morgan fingerprint density at radius 3 is 2.59 bits per heavy atom. The largest absolute Gasteiger partial charge is 0.508 e. The van der Waals surface area contributed by atoms with Gasteiger partial charge in [-0.05, 0) is 30.5 Å². The molecule has 162 valence electrons. The first-order chi connectivity index (χ1) is 13.7. The molecule has 1 saturated heterocycles. The number of hydrogen-bond donors (Lipinski definition) is 3. The second-order valence-electron chi connectivity index (χ2n) is 7.10. The van der Waals surface area contributed by atoms with Crippen molar-refractivity contribution in [3.8, 4) is 5.75 Å². The van der Waals surface area contributed by atoms with E-state index in [1.54, 1.807) is 12.1 Å². The minimum atomic E-state index is -3.59. The summed E-state index contributed by atoms with van der Waals surface area (Å²) in [5.41, 5.74) is 0.712. The minimum Gasteiger partial charge on any atom is -0.508 e. The number of aromatic hydroxyl groups is 1. The molecule has 0 radical (unpaired) electrons. The molecule has 8 nitrogen and oxygen atoms in total. The van der Waals surface area contributed by atoms with Gasteiger partial charge >= 0.3 is 5.97 Å². The second kappa shape index (κ2) is 10.3. The fraction of sp³-hybridized carbons (Fsp3) is 0.579. The Morgan fingerprint density at radius 2 is 2.00 bits per heavy atom. The average Bonchev–Trinajstić information content (AvgIpc) is 3.09. The van der Waals surface area contributed by atoms with Crippen molar-refractivity contribution in [3.05, 3.63) is 29.8 Å². The maximum Gasteiger partial charge on any atom is 0.328 e. The van der Waals surface area contributed by atoms with E-state index in [9.17, 15) is 23.1 Å². The zero-order valence-corrected chi connectivity index (χ0v) is 18.3. The van der Waals surface area contributed by atoms with Crippen molar-refractivity contribution < 1.29 is 27.9 Å². The molecule has 1 amide bonds. The first kappa shape index (κ1) is 23.5. The summed E-state index contributed by atoms with van der Waals surface area (Å²) in [6, 6.07) is 4.35. The number of unbranched alkanes of at least 4 members (excludes halogenated alkanes) is 1. The van der Waals surface area contributed by atoms with Crippen LogP contribution in [0.3, 0.4) is 0 Å². The van der Waals surface area contributed by atoms with Crippen LogP contribution in [0.1, 0.15) is 31.7 Å². The number of nitrogens with zero attached hydrogens (tertiary/aromatic N) is 1. The maximum absolute atomic E-state index is 12.9. The molecule has 0 unspecified atom stereocenters. The van der Waals surface area contributed by atoms with E-state index < -0.39 is 34.0 Å². The lowest BCUT2D eigenvalue weighted by Gasteiger charge is -2.25. The number of methoxy groups -OCH3 is 1. The summed E-state index contributed by atoms with van der Waals surface area (Å²) in [6.45, 7) is 2.06. The SMILES string of the molecule is CCCCS(=O)(=O)N1C[C@@H](S)C[C@H]1C(=O)N[C@@H](Cc1ccc(O)cc1)C(=O)OC. The van der Waals surface area contributed by atoms with E-state index in [1.165, 1.54) is 23.5 Å².